The molecule has 5 heteroatoms. The zero-order valence-electron chi connectivity index (χ0n) is 10.0. The number of carboxylic acids is 1. The highest BCUT2D eigenvalue weighted by Gasteiger charge is 2.31. The summed E-state index contributed by atoms with van der Waals surface area (Å²) in [6, 6.07) is 5.48. The summed E-state index contributed by atoms with van der Waals surface area (Å²) in [6.45, 7) is 2.71. The van der Waals surface area contributed by atoms with E-state index in [-0.39, 0.29) is 5.91 Å². The molecule has 0 unspecified atom stereocenters. The number of nitrogens with zero attached hydrogens (tertiary/aromatic N) is 1. The number of benzene rings is 1. The molecule has 1 heterocycles. The molecule has 1 aliphatic rings. The predicted octanol–water partition coefficient (Wildman–Crippen LogP) is 2.30. The van der Waals surface area contributed by atoms with Crippen molar-refractivity contribution in [2.75, 3.05) is 13.1 Å². The van der Waals surface area contributed by atoms with Crippen LogP contribution in [-0.4, -0.2) is 35.0 Å². The molecular formula is C13H14BrNO3. The zero-order chi connectivity index (χ0) is 13.3. The average molecular weight is 312 g/mol. The van der Waals surface area contributed by atoms with Crippen LogP contribution in [-0.2, 0) is 4.79 Å². The largest absolute Gasteiger partial charge is 0.481 e. The molecule has 1 N–H and O–H groups in total. The molecule has 0 aromatic heterocycles. The van der Waals surface area contributed by atoms with E-state index in [0.717, 1.165) is 10.0 Å². The molecule has 0 bridgehead atoms. The van der Waals surface area contributed by atoms with Gasteiger partial charge in [0.15, 0.2) is 0 Å². The van der Waals surface area contributed by atoms with Gasteiger partial charge in [-0.25, -0.2) is 0 Å². The van der Waals surface area contributed by atoms with Crippen molar-refractivity contribution in [1.82, 2.24) is 4.90 Å². The van der Waals surface area contributed by atoms with E-state index < -0.39 is 11.9 Å². The Morgan fingerprint density at radius 3 is 2.72 bits per heavy atom. The first-order valence-electron chi connectivity index (χ1n) is 5.77. The van der Waals surface area contributed by atoms with Gasteiger partial charge in [0.1, 0.15) is 0 Å². The van der Waals surface area contributed by atoms with E-state index in [1.165, 1.54) is 0 Å². The third-order valence-electron chi connectivity index (χ3n) is 3.24. The van der Waals surface area contributed by atoms with E-state index in [4.69, 9.17) is 5.11 Å². The number of halogens is 1. The summed E-state index contributed by atoms with van der Waals surface area (Å²) in [6.07, 6.45) is 0.538. The normalized spacial score (nSPS) is 19.0. The Bertz CT molecular complexity index is 501. The van der Waals surface area contributed by atoms with E-state index in [2.05, 4.69) is 15.9 Å². The smallest absolute Gasteiger partial charge is 0.308 e. The molecule has 4 nitrogen and oxygen atoms in total. The van der Waals surface area contributed by atoms with Crippen molar-refractivity contribution in [3.8, 4) is 0 Å². The van der Waals surface area contributed by atoms with Crippen LogP contribution >= 0.6 is 15.9 Å². The fourth-order valence-corrected chi connectivity index (χ4v) is 2.66. The molecule has 1 fully saturated rings. The molecule has 0 radical (unpaired) electrons. The molecule has 1 saturated heterocycles. The van der Waals surface area contributed by atoms with Gasteiger partial charge >= 0.3 is 5.97 Å². The van der Waals surface area contributed by atoms with Crippen LogP contribution < -0.4 is 0 Å². The molecule has 1 atom stereocenters. The lowest BCUT2D eigenvalue weighted by atomic mass is 10.1. The second-order valence-corrected chi connectivity index (χ2v) is 5.45. The first-order valence-corrected chi connectivity index (χ1v) is 6.56. The molecule has 0 aliphatic carbocycles. The Morgan fingerprint density at radius 1 is 1.44 bits per heavy atom. The Labute approximate surface area is 114 Å². The van der Waals surface area contributed by atoms with Gasteiger partial charge in [-0.15, -0.1) is 0 Å². The number of hydrogen-bond acceptors (Lipinski definition) is 2. The van der Waals surface area contributed by atoms with Crippen molar-refractivity contribution < 1.29 is 14.7 Å². The summed E-state index contributed by atoms with van der Waals surface area (Å²) >= 11 is 3.35. The van der Waals surface area contributed by atoms with Crippen LogP contribution in [0.5, 0.6) is 0 Å². The van der Waals surface area contributed by atoms with Crippen molar-refractivity contribution in [3.05, 3.63) is 33.8 Å². The van der Waals surface area contributed by atoms with E-state index in [1.54, 1.807) is 11.0 Å². The Kier molecular flexibility index (Phi) is 3.71. The van der Waals surface area contributed by atoms with Gasteiger partial charge in [0, 0.05) is 23.1 Å². The maximum atomic E-state index is 12.3. The molecule has 2 rings (SSSR count). The van der Waals surface area contributed by atoms with Gasteiger partial charge in [-0.1, -0.05) is 15.9 Å². The first kappa shape index (κ1) is 13.1. The van der Waals surface area contributed by atoms with E-state index in [0.29, 0.717) is 25.1 Å². The topological polar surface area (TPSA) is 57.6 Å². The van der Waals surface area contributed by atoms with Crippen molar-refractivity contribution >= 4 is 27.8 Å². The van der Waals surface area contributed by atoms with Crippen molar-refractivity contribution in [2.45, 2.75) is 13.3 Å². The number of hydrogen-bond donors (Lipinski definition) is 1. The standard InChI is InChI=1S/C13H14BrNO3/c1-8-6-10(14)2-3-11(8)12(16)15-5-4-9(7-15)13(17)18/h2-3,6,9H,4-5,7H2,1H3,(H,17,18)/t9-/m0/s1. The molecule has 1 aliphatic heterocycles. The van der Waals surface area contributed by atoms with Gasteiger partial charge in [0.05, 0.1) is 5.92 Å². The average Bonchev–Trinajstić information content (AvgIpc) is 2.77. The number of likely N-dealkylation sites (tertiary alicyclic amines) is 1. The van der Waals surface area contributed by atoms with Gasteiger partial charge in [-0.2, -0.15) is 0 Å². The maximum Gasteiger partial charge on any atom is 0.308 e. The first-order chi connectivity index (χ1) is 8.49. The third-order valence-corrected chi connectivity index (χ3v) is 3.74. The molecule has 96 valence electrons. The summed E-state index contributed by atoms with van der Waals surface area (Å²) in [5, 5.41) is 8.93. The lowest BCUT2D eigenvalue weighted by molar-refractivity contribution is -0.141. The number of aliphatic carboxylic acids is 1. The Morgan fingerprint density at radius 2 is 2.17 bits per heavy atom. The highest BCUT2D eigenvalue weighted by Crippen LogP contribution is 2.22. The second-order valence-electron chi connectivity index (χ2n) is 4.53. The fraction of sp³-hybridized carbons (Fsp3) is 0.385. The predicted molar refractivity (Wildman–Crippen MR) is 70.5 cm³/mol. The van der Waals surface area contributed by atoms with Gasteiger partial charge in [-0.3, -0.25) is 9.59 Å². The molecule has 1 aromatic rings. The summed E-state index contributed by atoms with van der Waals surface area (Å²) in [5.41, 5.74) is 1.54. The van der Waals surface area contributed by atoms with Crippen molar-refractivity contribution in [1.29, 1.82) is 0 Å². The van der Waals surface area contributed by atoms with Gasteiger partial charge in [0.25, 0.3) is 5.91 Å². The van der Waals surface area contributed by atoms with E-state index in [9.17, 15) is 9.59 Å². The molecule has 1 aromatic carbocycles. The Balaban J connectivity index is 2.15. The van der Waals surface area contributed by atoms with E-state index in [1.807, 2.05) is 19.1 Å². The monoisotopic (exact) mass is 311 g/mol. The van der Waals surface area contributed by atoms with Crippen LogP contribution in [0.25, 0.3) is 0 Å². The summed E-state index contributed by atoms with van der Waals surface area (Å²) in [7, 11) is 0. The Hall–Kier alpha value is -1.36. The van der Waals surface area contributed by atoms with Gasteiger partial charge in [-0.05, 0) is 37.1 Å². The lowest BCUT2D eigenvalue weighted by Crippen LogP contribution is -2.30. The number of aryl methyl sites for hydroxylation is 1. The fourth-order valence-electron chi connectivity index (χ4n) is 2.18. The number of rotatable bonds is 2. The van der Waals surface area contributed by atoms with Crippen LogP contribution in [0.3, 0.4) is 0 Å². The van der Waals surface area contributed by atoms with Crippen LogP contribution in [0.4, 0.5) is 0 Å². The summed E-state index contributed by atoms with van der Waals surface area (Å²) in [4.78, 5) is 24.8. The van der Waals surface area contributed by atoms with Gasteiger partial charge < -0.3 is 10.0 Å². The van der Waals surface area contributed by atoms with Crippen molar-refractivity contribution in [3.63, 3.8) is 0 Å². The third kappa shape index (κ3) is 2.56. The minimum absolute atomic E-state index is 0.0799. The highest BCUT2D eigenvalue weighted by molar-refractivity contribution is 9.10. The van der Waals surface area contributed by atoms with Crippen LogP contribution in [0.15, 0.2) is 22.7 Å². The van der Waals surface area contributed by atoms with E-state index >= 15 is 0 Å². The summed E-state index contributed by atoms with van der Waals surface area (Å²) < 4.78 is 0.932. The van der Waals surface area contributed by atoms with Crippen LogP contribution in [0.1, 0.15) is 22.3 Å². The number of carbonyl (C=O) groups is 2. The number of amides is 1. The zero-order valence-corrected chi connectivity index (χ0v) is 11.6. The number of carbonyl (C=O) groups excluding carboxylic acids is 1. The van der Waals surface area contributed by atoms with Gasteiger partial charge in [0.2, 0.25) is 0 Å². The van der Waals surface area contributed by atoms with Crippen LogP contribution in [0, 0.1) is 12.8 Å². The molecule has 1 amide bonds. The quantitative estimate of drug-likeness (QED) is 0.911. The SMILES string of the molecule is Cc1cc(Br)ccc1C(=O)N1CC[C@H](C(=O)O)C1. The highest BCUT2D eigenvalue weighted by atomic mass is 79.9. The molecule has 0 saturated carbocycles. The molecule has 0 spiro atoms. The van der Waals surface area contributed by atoms with Crippen molar-refractivity contribution in [2.24, 2.45) is 5.92 Å². The lowest BCUT2D eigenvalue weighted by Gasteiger charge is -2.17. The maximum absolute atomic E-state index is 12.3. The number of carboxylic acid groups (broad SMARTS) is 1. The summed E-state index contributed by atoms with van der Waals surface area (Å²) in [5.74, 6) is -1.33. The minimum Gasteiger partial charge on any atom is -0.481 e. The molecular weight excluding hydrogens is 298 g/mol. The molecule has 18 heavy (non-hydrogen) atoms. The minimum atomic E-state index is -0.821. The second kappa shape index (κ2) is 5.10. The van der Waals surface area contributed by atoms with Crippen LogP contribution in [0.2, 0.25) is 0 Å².